The highest BCUT2D eigenvalue weighted by Crippen LogP contribution is 2.22. The molecule has 1 aromatic carbocycles. The number of carboxylic acids is 1. The predicted octanol–water partition coefficient (Wildman–Crippen LogP) is 2.84. The standard InChI is InChI=1S/C14H13NO3S/c16-14(17)9-18-12-5-3-4-11(8-12)10-19-13-6-1-2-7-15-13/h1-8H,9-10H2,(H,16,17). The van der Waals surface area contributed by atoms with Crippen LogP contribution in [0.25, 0.3) is 0 Å². The van der Waals surface area contributed by atoms with Crippen molar-refractivity contribution in [1.29, 1.82) is 0 Å². The van der Waals surface area contributed by atoms with Gasteiger partial charge in [0.05, 0.1) is 5.03 Å². The zero-order valence-corrected chi connectivity index (χ0v) is 11.0. The third kappa shape index (κ3) is 4.63. The van der Waals surface area contributed by atoms with Crippen molar-refractivity contribution in [3.8, 4) is 5.75 Å². The number of ether oxygens (including phenoxy) is 1. The molecule has 0 amide bonds. The van der Waals surface area contributed by atoms with E-state index in [1.807, 2.05) is 36.4 Å². The summed E-state index contributed by atoms with van der Waals surface area (Å²) in [4.78, 5) is 14.7. The molecule has 0 radical (unpaired) electrons. The van der Waals surface area contributed by atoms with Gasteiger partial charge in [-0.3, -0.25) is 0 Å². The number of thioether (sulfide) groups is 1. The molecule has 0 bridgehead atoms. The number of carbonyl (C=O) groups is 1. The summed E-state index contributed by atoms with van der Waals surface area (Å²) in [6, 6.07) is 13.2. The van der Waals surface area contributed by atoms with Gasteiger partial charge in [0.2, 0.25) is 0 Å². The minimum atomic E-state index is -0.978. The molecule has 2 rings (SSSR count). The summed E-state index contributed by atoms with van der Waals surface area (Å²) in [6.45, 7) is -0.323. The molecular formula is C14H13NO3S. The first-order valence-electron chi connectivity index (χ1n) is 5.71. The van der Waals surface area contributed by atoms with Crippen molar-refractivity contribution >= 4 is 17.7 Å². The highest BCUT2D eigenvalue weighted by Gasteiger charge is 2.01. The van der Waals surface area contributed by atoms with Crippen LogP contribution in [0.2, 0.25) is 0 Å². The third-order valence-corrected chi connectivity index (χ3v) is 3.30. The molecule has 2 aromatic rings. The summed E-state index contributed by atoms with van der Waals surface area (Å²) in [5.74, 6) is 0.358. The van der Waals surface area contributed by atoms with Gasteiger partial charge in [-0.05, 0) is 29.8 Å². The molecular weight excluding hydrogens is 262 g/mol. The lowest BCUT2D eigenvalue weighted by Crippen LogP contribution is -2.09. The van der Waals surface area contributed by atoms with E-state index in [0.717, 1.165) is 16.3 Å². The lowest BCUT2D eigenvalue weighted by molar-refractivity contribution is -0.139. The summed E-state index contributed by atoms with van der Waals surface area (Å²) in [5.41, 5.74) is 1.07. The normalized spacial score (nSPS) is 10.1. The fraction of sp³-hybridized carbons (Fsp3) is 0.143. The predicted molar refractivity (Wildman–Crippen MR) is 73.4 cm³/mol. The van der Waals surface area contributed by atoms with Crippen LogP contribution in [0, 0.1) is 0 Å². The zero-order valence-electron chi connectivity index (χ0n) is 10.2. The maximum Gasteiger partial charge on any atom is 0.341 e. The van der Waals surface area contributed by atoms with Crippen LogP contribution in [0.15, 0.2) is 53.7 Å². The van der Waals surface area contributed by atoms with E-state index in [-0.39, 0.29) is 6.61 Å². The van der Waals surface area contributed by atoms with Gasteiger partial charge in [-0.15, -0.1) is 11.8 Å². The number of nitrogens with zero attached hydrogens (tertiary/aromatic N) is 1. The highest BCUT2D eigenvalue weighted by molar-refractivity contribution is 7.98. The fourth-order valence-electron chi connectivity index (χ4n) is 1.46. The molecule has 0 aliphatic carbocycles. The van der Waals surface area contributed by atoms with Gasteiger partial charge >= 0.3 is 5.97 Å². The van der Waals surface area contributed by atoms with E-state index in [9.17, 15) is 4.79 Å². The summed E-state index contributed by atoms with van der Waals surface area (Å²) in [5, 5.41) is 9.52. The van der Waals surface area contributed by atoms with E-state index < -0.39 is 5.97 Å². The van der Waals surface area contributed by atoms with Crippen LogP contribution in [0.4, 0.5) is 0 Å². The van der Waals surface area contributed by atoms with Crippen molar-refractivity contribution in [2.45, 2.75) is 10.8 Å². The van der Waals surface area contributed by atoms with Crippen molar-refractivity contribution in [3.05, 3.63) is 54.2 Å². The third-order valence-electron chi connectivity index (χ3n) is 2.29. The Kier molecular flexibility index (Phi) is 4.80. The minimum absolute atomic E-state index is 0.323. The Morgan fingerprint density at radius 3 is 2.89 bits per heavy atom. The number of aliphatic carboxylic acids is 1. The van der Waals surface area contributed by atoms with Crippen LogP contribution < -0.4 is 4.74 Å². The van der Waals surface area contributed by atoms with E-state index >= 15 is 0 Å². The Bertz CT molecular complexity index is 545. The first-order chi connectivity index (χ1) is 9.24. The molecule has 1 N–H and O–H groups in total. The van der Waals surface area contributed by atoms with Gasteiger partial charge in [0.15, 0.2) is 6.61 Å². The number of carboxylic acid groups (broad SMARTS) is 1. The van der Waals surface area contributed by atoms with E-state index in [0.29, 0.717) is 5.75 Å². The molecule has 0 atom stereocenters. The SMILES string of the molecule is O=C(O)COc1cccc(CSc2ccccn2)c1. The largest absolute Gasteiger partial charge is 0.482 e. The molecule has 0 spiro atoms. The molecule has 0 aliphatic rings. The molecule has 0 saturated heterocycles. The summed E-state index contributed by atoms with van der Waals surface area (Å²) in [6.07, 6.45) is 1.76. The van der Waals surface area contributed by atoms with Gasteiger partial charge in [0.1, 0.15) is 5.75 Å². The van der Waals surface area contributed by atoms with Crippen molar-refractivity contribution in [3.63, 3.8) is 0 Å². The monoisotopic (exact) mass is 275 g/mol. The van der Waals surface area contributed by atoms with Crippen LogP contribution in [0.3, 0.4) is 0 Å². The number of benzene rings is 1. The van der Waals surface area contributed by atoms with E-state index in [1.54, 1.807) is 24.0 Å². The molecule has 0 fully saturated rings. The van der Waals surface area contributed by atoms with Gasteiger partial charge in [0.25, 0.3) is 0 Å². The average Bonchev–Trinajstić information content (AvgIpc) is 2.44. The zero-order chi connectivity index (χ0) is 13.5. The van der Waals surface area contributed by atoms with Crippen LogP contribution in [0.5, 0.6) is 5.75 Å². The van der Waals surface area contributed by atoms with Crippen molar-refractivity contribution < 1.29 is 14.6 Å². The highest BCUT2D eigenvalue weighted by atomic mass is 32.2. The topological polar surface area (TPSA) is 59.4 Å². The quantitative estimate of drug-likeness (QED) is 0.821. The van der Waals surface area contributed by atoms with Gasteiger partial charge in [-0.2, -0.15) is 0 Å². The van der Waals surface area contributed by atoms with Crippen molar-refractivity contribution in [2.75, 3.05) is 6.61 Å². The molecule has 4 nitrogen and oxygen atoms in total. The van der Waals surface area contributed by atoms with Crippen LogP contribution in [0.1, 0.15) is 5.56 Å². The van der Waals surface area contributed by atoms with Gasteiger partial charge in [-0.1, -0.05) is 18.2 Å². The molecule has 19 heavy (non-hydrogen) atoms. The Hall–Kier alpha value is -2.01. The second-order valence-electron chi connectivity index (χ2n) is 3.79. The molecule has 5 heteroatoms. The van der Waals surface area contributed by atoms with E-state index in [2.05, 4.69) is 4.98 Å². The minimum Gasteiger partial charge on any atom is -0.482 e. The molecule has 1 aromatic heterocycles. The second-order valence-corrected chi connectivity index (χ2v) is 4.78. The van der Waals surface area contributed by atoms with Gasteiger partial charge in [-0.25, -0.2) is 9.78 Å². The van der Waals surface area contributed by atoms with E-state index in [1.165, 1.54) is 0 Å². The van der Waals surface area contributed by atoms with Crippen molar-refractivity contribution in [1.82, 2.24) is 4.98 Å². The van der Waals surface area contributed by atoms with Crippen LogP contribution in [-0.2, 0) is 10.5 Å². The average molecular weight is 275 g/mol. The lowest BCUT2D eigenvalue weighted by atomic mass is 10.2. The van der Waals surface area contributed by atoms with Crippen LogP contribution in [-0.4, -0.2) is 22.7 Å². The smallest absolute Gasteiger partial charge is 0.341 e. The number of hydrogen-bond donors (Lipinski definition) is 1. The number of rotatable bonds is 6. The molecule has 0 aliphatic heterocycles. The van der Waals surface area contributed by atoms with Crippen molar-refractivity contribution in [2.24, 2.45) is 0 Å². The maximum atomic E-state index is 10.4. The Balaban J connectivity index is 1.93. The number of hydrogen-bond acceptors (Lipinski definition) is 4. The summed E-state index contributed by atoms with van der Waals surface area (Å²) < 4.78 is 5.14. The van der Waals surface area contributed by atoms with Gasteiger partial charge < -0.3 is 9.84 Å². The molecule has 1 heterocycles. The molecule has 98 valence electrons. The Morgan fingerprint density at radius 2 is 2.16 bits per heavy atom. The van der Waals surface area contributed by atoms with Crippen LogP contribution >= 0.6 is 11.8 Å². The molecule has 0 unspecified atom stereocenters. The number of pyridine rings is 1. The second kappa shape index (κ2) is 6.80. The number of aromatic nitrogens is 1. The molecule has 0 saturated carbocycles. The lowest BCUT2D eigenvalue weighted by Gasteiger charge is -2.06. The Labute approximate surface area is 115 Å². The first kappa shape index (κ1) is 13.4. The summed E-state index contributed by atoms with van der Waals surface area (Å²) >= 11 is 1.62. The first-order valence-corrected chi connectivity index (χ1v) is 6.70. The summed E-state index contributed by atoms with van der Waals surface area (Å²) in [7, 11) is 0. The van der Waals surface area contributed by atoms with Gasteiger partial charge in [0, 0.05) is 11.9 Å². The maximum absolute atomic E-state index is 10.4. The Morgan fingerprint density at radius 1 is 1.26 bits per heavy atom. The van der Waals surface area contributed by atoms with E-state index in [4.69, 9.17) is 9.84 Å². The fourth-order valence-corrected chi connectivity index (χ4v) is 2.26.